The van der Waals surface area contributed by atoms with Gasteiger partial charge < -0.3 is 15.2 Å². The molecule has 1 aliphatic heterocycles. The number of halogens is 2. The minimum absolute atomic E-state index is 0.330. The highest BCUT2D eigenvalue weighted by Gasteiger charge is 2.20. The molecule has 3 nitrogen and oxygen atoms in total. The van der Waals surface area contributed by atoms with Crippen LogP contribution in [0.5, 0.6) is 11.5 Å². The molecule has 2 N–H and O–H groups in total. The first kappa shape index (κ1) is 14.7. The Bertz CT molecular complexity index is 690. The number of aryl methyl sites for hydroxylation is 1. The van der Waals surface area contributed by atoms with Crippen molar-refractivity contribution in [3.63, 3.8) is 0 Å². The molecular formula is C16H15BrClNO2. The van der Waals surface area contributed by atoms with Gasteiger partial charge in [0.25, 0.3) is 0 Å². The van der Waals surface area contributed by atoms with E-state index in [4.69, 9.17) is 26.8 Å². The molecule has 0 aromatic heterocycles. The zero-order valence-corrected chi connectivity index (χ0v) is 13.9. The average molecular weight is 369 g/mol. The standard InChI is InChI=1S/C16H15BrClNO2/c1-9-2-3-10(13(18)6-9)16(19)11-7-14-15(8-12(11)17)21-5-4-20-14/h2-3,6-8,16H,4-5,19H2,1H3. The smallest absolute Gasteiger partial charge is 0.162 e. The largest absolute Gasteiger partial charge is 0.486 e. The van der Waals surface area contributed by atoms with Crippen molar-refractivity contribution in [2.45, 2.75) is 13.0 Å². The summed E-state index contributed by atoms with van der Waals surface area (Å²) in [5, 5.41) is 0.671. The molecule has 3 rings (SSSR count). The summed E-state index contributed by atoms with van der Waals surface area (Å²) in [6, 6.07) is 9.37. The van der Waals surface area contributed by atoms with Crippen molar-refractivity contribution in [3.8, 4) is 11.5 Å². The first-order valence-electron chi connectivity index (χ1n) is 6.67. The Morgan fingerprint density at radius 2 is 1.76 bits per heavy atom. The van der Waals surface area contributed by atoms with E-state index in [-0.39, 0.29) is 6.04 Å². The fourth-order valence-electron chi connectivity index (χ4n) is 2.37. The second kappa shape index (κ2) is 5.87. The fourth-order valence-corrected chi connectivity index (χ4v) is 3.29. The second-order valence-electron chi connectivity index (χ2n) is 5.02. The van der Waals surface area contributed by atoms with Crippen molar-refractivity contribution in [2.24, 2.45) is 5.73 Å². The van der Waals surface area contributed by atoms with Crippen LogP contribution in [-0.4, -0.2) is 13.2 Å². The molecule has 2 aromatic rings. The zero-order valence-electron chi connectivity index (χ0n) is 11.5. The Balaban J connectivity index is 2.03. The molecule has 0 spiro atoms. The average Bonchev–Trinajstić information content (AvgIpc) is 2.46. The maximum atomic E-state index is 6.39. The lowest BCUT2D eigenvalue weighted by Gasteiger charge is -2.22. The number of fused-ring (bicyclic) bond motifs is 1. The van der Waals surface area contributed by atoms with Gasteiger partial charge >= 0.3 is 0 Å². The number of rotatable bonds is 2. The first-order valence-corrected chi connectivity index (χ1v) is 7.84. The third kappa shape index (κ3) is 2.89. The van der Waals surface area contributed by atoms with Crippen molar-refractivity contribution in [3.05, 3.63) is 56.5 Å². The number of nitrogens with two attached hydrogens (primary N) is 1. The van der Waals surface area contributed by atoms with Crippen LogP contribution in [0.1, 0.15) is 22.7 Å². The van der Waals surface area contributed by atoms with Gasteiger partial charge in [-0.25, -0.2) is 0 Å². The molecule has 0 aliphatic carbocycles. The van der Waals surface area contributed by atoms with Crippen molar-refractivity contribution < 1.29 is 9.47 Å². The summed E-state index contributed by atoms with van der Waals surface area (Å²) in [4.78, 5) is 0. The molecule has 0 saturated heterocycles. The lowest BCUT2D eigenvalue weighted by Crippen LogP contribution is -2.18. The van der Waals surface area contributed by atoms with Crippen LogP contribution >= 0.6 is 27.5 Å². The van der Waals surface area contributed by atoms with Gasteiger partial charge in [-0.15, -0.1) is 0 Å². The molecular weight excluding hydrogens is 354 g/mol. The number of ether oxygens (including phenoxy) is 2. The van der Waals surface area contributed by atoms with Gasteiger partial charge in [0.2, 0.25) is 0 Å². The highest BCUT2D eigenvalue weighted by atomic mass is 79.9. The highest BCUT2D eigenvalue weighted by Crippen LogP contribution is 2.39. The van der Waals surface area contributed by atoms with Crippen LogP contribution in [0.2, 0.25) is 5.02 Å². The minimum atomic E-state index is -0.330. The molecule has 0 radical (unpaired) electrons. The maximum Gasteiger partial charge on any atom is 0.162 e. The second-order valence-corrected chi connectivity index (χ2v) is 6.28. The van der Waals surface area contributed by atoms with Crippen LogP contribution in [-0.2, 0) is 0 Å². The monoisotopic (exact) mass is 367 g/mol. The van der Waals surface area contributed by atoms with Crippen LogP contribution in [0.4, 0.5) is 0 Å². The Kier molecular flexibility index (Phi) is 4.11. The van der Waals surface area contributed by atoms with Crippen LogP contribution in [0.15, 0.2) is 34.8 Å². The Labute approximate surface area is 137 Å². The molecule has 1 atom stereocenters. The number of benzene rings is 2. The van der Waals surface area contributed by atoms with E-state index < -0.39 is 0 Å². The van der Waals surface area contributed by atoms with E-state index in [2.05, 4.69) is 15.9 Å². The predicted molar refractivity (Wildman–Crippen MR) is 87.4 cm³/mol. The molecule has 0 fully saturated rings. The summed E-state index contributed by atoms with van der Waals surface area (Å²) in [5.41, 5.74) is 9.31. The van der Waals surface area contributed by atoms with E-state index in [1.54, 1.807) is 0 Å². The summed E-state index contributed by atoms with van der Waals surface area (Å²) in [6.07, 6.45) is 0. The first-order chi connectivity index (χ1) is 10.1. The molecule has 0 bridgehead atoms. The van der Waals surface area contributed by atoms with Gasteiger partial charge in [-0.3, -0.25) is 0 Å². The SMILES string of the molecule is Cc1ccc(C(N)c2cc3c(cc2Br)OCCO3)c(Cl)c1. The molecule has 0 amide bonds. The summed E-state index contributed by atoms with van der Waals surface area (Å²) >= 11 is 9.87. The molecule has 2 aromatic carbocycles. The van der Waals surface area contributed by atoms with Gasteiger partial charge in [-0.1, -0.05) is 39.7 Å². The van der Waals surface area contributed by atoms with Gasteiger partial charge in [-0.05, 0) is 41.8 Å². The van der Waals surface area contributed by atoms with Crippen molar-refractivity contribution in [1.82, 2.24) is 0 Å². The molecule has 1 unspecified atom stereocenters. The summed E-state index contributed by atoms with van der Waals surface area (Å²) in [7, 11) is 0. The third-order valence-corrected chi connectivity index (χ3v) is 4.50. The molecule has 110 valence electrons. The summed E-state index contributed by atoms with van der Waals surface area (Å²) in [6.45, 7) is 3.12. The van der Waals surface area contributed by atoms with Crippen LogP contribution in [0, 0.1) is 6.92 Å². The third-order valence-electron chi connectivity index (χ3n) is 3.49. The fraction of sp³-hybridized carbons (Fsp3) is 0.250. The Morgan fingerprint density at radius 3 is 2.43 bits per heavy atom. The van der Waals surface area contributed by atoms with Crippen LogP contribution < -0.4 is 15.2 Å². The van der Waals surface area contributed by atoms with E-state index in [0.29, 0.717) is 18.2 Å². The van der Waals surface area contributed by atoms with Crippen LogP contribution in [0.25, 0.3) is 0 Å². The van der Waals surface area contributed by atoms with E-state index in [1.165, 1.54) is 0 Å². The van der Waals surface area contributed by atoms with Gasteiger partial charge in [0.05, 0.1) is 6.04 Å². The molecule has 21 heavy (non-hydrogen) atoms. The molecule has 1 heterocycles. The Morgan fingerprint density at radius 1 is 1.10 bits per heavy atom. The topological polar surface area (TPSA) is 44.5 Å². The van der Waals surface area contributed by atoms with Crippen molar-refractivity contribution in [1.29, 1.82) is 0 Å². The molecule has 0 saturated carbocycles. The number of hydrogen-bond acceptors (Lipinski definition) is 3. The van der Waals surface area contributed by atoms with E-state index in [1.807, 2.05) is 37.3 Å². The normalized spacial score (nSPS) is 14.9. The van der Waals surface area contributed by atoms with Crippen molar-refractivity contribution >= 4 is 27.5 Å². The van der Waals surface area contributed by atoms with Crippen molar-refractivity contribution in [2.75, 3.05) is 13.2 Å². The van der Waals surface area contributed by atoms with E-state index in [9.17, 15) is 0 Å². The van der Waals surface area contributed by atoms with E-state index in [0.717, 1.165) is 32.7 Å². The molecule has 5 heteroatoms. The lowest BCUT2D eigenvalue weighted by atomic mass is 9.98. The summed E-state index contributed by atoms with van der Waals surface area (Å²) < 4.78 is 12.1. The summed E-state index contributed by atoms with van der Waals surface area (Å²) in [5.74, 6) is 1.46. The molecule has 1 aliphatic rings. The zero-order chi connectivity index (χ0) is 15.0. The van der Waals surface area contributed by atoms with Gasteiger partial charge in [0.1, 0.15) is 13.2 Å². The highest BCUT2D eigenvalue weighted by molar-refractivity contribution is 9.10. The Hall–Kier alpha value is -1.23. The predicted octanol–water partition coefficient (Wildman–Crippen LogP) is 4.23. The lowest BCUT2D eigenvalue weighted by molar-refractivity contribution is 0.171. The van der Waals surface area contributed by atoms with E-state index >= 15 is 0 Å². The van der Waals surface area contributed by atoms with Crippen LogP contribution in [0.3, 0.4) is 0 Å². The van der Waals surface area contributed by atoms with Gasteiger partial charge in [-0.2, -0.15) is 0 Å². The quantitative estimate of drug-likeness (QED) is 0.862. The minimum Gasteiger partial charge on any atom is -0.486 e. The number of hydrogen-bond donors (Lipinski definition) is 1. The van der Waals surface area contributed by atoms with Gasteiger partial charge in [0.15, 0.2) is 11.5 Å². The van der Waals surface area contributed by atoms with Gasteiger partial charge in [0, 0.05) is 9.50 Å². The maximum absolute atomic E-state index is 6.39.